The number of Topliss-reactive ketones (excluding diaryl/α,β-unsaturated/α-hetero) is 2. The van der Waals surface area contributed by atoms with E-state index in [0.29, 0.717) is 44.7 Å². The van der Waals surface area contributed by atoms with Gasteiger partial charge in [-0.25, -0.2) is 0 Å². The Balaban J connectivity index is 1.91. The van der Waals surface area contributed by atoms with Crippen molar-refractivity contribution in [2.45, 2.75) is 0 Å². The first-order valence-electron chi connectivity index (χ1n) is 7.40. The average Bonchev–Trinajstić information content (AvgIpc) is 2.59. The predicted molar refractivity (Wildman–Crippen MR) is 95.1 cm³/mol. The van der Waals surface area contributed by atoms with Gasteiger partial charge in [0, 0.05) is 22.7 Å². The van der Waals surface area contributed by atoms with Crippen LogP contribution in [0, 0.1) is 0 Å². The highest BCUT2D eigenvalue weighted by atomic mass is 35.5. The molecule has 0 aromatic heterocycles. The molecule has 0 amide bonds. The van der Waals surface area contributed by atoms with Crippen LogP contribution in [0.15, 0.2) is 65.9 Å². The third kappa shape index (κ3) is 2.20. The van der Waals surface area contributed by atoms with Gasteiger partial charge in [0.25, 0.3) is 0 Å². The molecule has 1 heterocycles. The molecule has 0 unspecified atom stereocenters. The lowest BCUT2D eigenvalue weighted by molar-refractivity contribution is 0.0974. The summed E-state index contributed by atoms with van der Waals surface area (Å²) < 4.78 is 0. The van der Waals surface area contributed by atoms with Crippen LogP contribution in [-0.4, -0.2) is 18.1 Å². The SMILES string of the molecule is O=C1C2=C(C(=O)c3ccccc31)N(c1ccc(Cl)cc1Cl)CC=C2. The molecular weight excluding hydrogens is 345 g/mol. The summed E-state index contributed by atoms with van der Waals surface area (Å²) in [7, 11) is 0. The topological polar surface area (TPSA) is 37.4 Å². The van der Waals surface area contributed by atoms with Gasteiger partial charge in [0.1, 0.15) is 5.70 Å². The number of nitrogens with zero attached hydrogens (tertiary/aromatic N) is 1. The van der Waals surface area contributed by atoms with Crippen LogP contribution in [0.1, 0.15) is 20.7 Å². The predicted octanol–water partition coefficient (Wildman–Crippen LogP) is 4.70. The fraction of sp³-hybridized carbons (Fsp3) is 0.0526. The van der Waals surface area contributed by atoms with E-state index in [1.807, 2.05) is 6.08 Å². The van der Waals surface area contributed by atoms with E-state index in [0.717, 1.165) is 0 Å². The first kappa shape index (κ1) is 15.2. The Labute approximate surface area is 148 Å². The van der Waals surface area contributed by atoms with Crippen molar-refractivity contribution in [2.24, 2.45) is 0 Å². The first-order chi connectivity index (χ1) is 11.6. The van der Waals surface area contributed by atoms with Gasteiger partial charge in [-0.05, 0) is 18.2 Å². The Kier molecular flexibility index (Phi) is 3.56. The number of carbonyl (C=O) groups is 2. The third-order valence-electron chi connectivity index (χ3n) is 4.17. The standard InChI is InChI=1S/C19H11Cl2NO2/c20-11-7-8-16(15(21)10-11)22-9-3-6-14-17(22)19(24)13-5-2-1-4-12(13)18(14)23/h1-8,10H,9H2. The highest BCUT2D eigenvalue weighted by molar-refractivity contribution is 6.37. The van der Waals surface area contributed by atoms with E-state index in [2.05, 4.69) is 0 Å². The smallest absolute Gasteiger partial charge is 0.210 e. The van der Waals surface area contributed by atoms with Gasteiger partial charge in [0.15, 0.2) is 5.78 Å². The molecular formula is C19H11Cl2NO2. The van der Waals surface area contributed by atoms with Crippen molar-refractivity contribution < 1.29 is 9.59 Å². The molecule has 24 heavy (non-hydrogen) atoms. The minimum Gasteiger partial charge on any atom is -0.333 e. The number of benzene rings is 2. The van der Waals surface area contributed by atoms with Crippen molar-refractivity contribution in [2.75, 3.05) is 11.4 Å². The Morgan fingerprint density at radius 2 is 1.62 bits per heavy atom. The van der Waals surface area contributed by atoms with Crippen LogP contribution in [0.25, 0.3) is 0 Å². The molecule has 2 aromatic rings. The zero-order valence-corrected chi connectivity index (χ0v) is 13.9. The van der Waals surface area contributed by atoms with Gasteiger partial charge in [-0.3, -0.25) is 9.59 Å². The first-order valence-corrected chi connectivity index (χ1v) is 8.15. The summed E-state index contributed by atoms with van der Waals surface area (Å²) in [5, 5.41) is 0.950. The number of hydrogen-bond donors (Lipinski definition) is 0. The fourth-order valence-corrected chi connectivity index (χ4v) is 3.60. The van der Waals surface area contributed by atoms with Crippen LogP contribution in [0.3, 0.4) is 0 Å². The highest BCUT2D eigenvalue weighted by Gasteiger charge is 2.36. The number of rotatable bonds is 1. The number of fused-ring (bicyclic) bond motifs is 1. The molecule has 0 fully saturated rings. The lowest BCUT2D eigenvalue weighted by Crippen LogP contribution is -2.36. The van der Waals surface area contributed by atoms with Gasteiger partial charge in [-0.1, -0.05) is 59.6 Å². The van der Waals surface area contributed by atoms with Crippen LogP contribution in [0.4, 0.5) is 5.69 Å². The van der Waals surface area contributed by atoms with E-state index >= 15 is 0 Å². The summed E-state index contributed by atoms with van der Waals surface area (Å²) >= 11 is 12.3. The molecule has 0 radical (unpaired) electrons. The number of allylic oxidation sites excluding steroid dienone is 3. The second kappa shape index (κ2) is 5.62. The van der Waals surface area contributed by atoms with Gasteiger partial charge in [0.2, 0.25) is 5.78 Å². The quantitative estimate of drug-likeness (QED) is 0.743. The lowest BCUT2D eigenvalue weighted by atomic mass is 9.85. The van der Waals surface area contributed by atoms with Gasteiger partial charge in [-0.15, -0.1) is 0 Å². The van der Waals surface area contributed by atoms with Gasteiger partial charge in [-0.2, -0.15) is 0 Å². The molecule has 0 atom stereocenters. The summed E-state index contributed by atoms with van der Waals surface area (Å²) in [6, 6.07) is 12.0. The van der Waals surface area contributed by atoms with Gasteiger partial charge >= 0.3 is 0 Å². The maximum atomic E-state index is 13.0. The van der Waals surface area contributed by atoms with Gasteiger partial charge in [0.05, 0.1) is 16.3 Å². The van der Waals surface area contributed by atoms with Crippen LogP contribution in [-0.2, 0) is 0 Å². The molecule has 0 N–H and O–H groups in total. The number of carbonyl (C=O) groups excluding carboxylic acids is 2. The molecule has 118 valence electrons. The van der Waals surface area contributed by atoms with Crippen molar-refractivity contribution in [3.8, 4) is 0 Å². The van der Waals surface area contributed by atoms with Crippen LogP contribution < -0.4 is 4.90 Å². The maximum Gasteiger partial charge on any atom is 0.210 e. The molecule has 2 aromatic carbocycles. The van der Waals surface area contributed by atoms with E-state index in [1.54, 1.807) is 53.4 Å². The molecule has 4 rings (SSSR count). The second-order valence-corrected chi connectivity index (χ2v) is 6.42. The molecule has 0 saturated heterocycles. The van der Waals surface area contributed by atoms with Crippen LogP contribution >= 0.6 is 23.2 Å². The van der Waals surface area contributed by atoms with Crippen LogP contribution in [0.5, 0.6) is 0 Å². The third-order valence-corrected chi connectivity index (χ3v) is 4.71. The van der Waals surface area contributed by atoms with Gasteiger partial charge < -0.3 is 4.90 Å². The van der Waals surface area contributed by atoms with Crippen molar-refractivity contribution in [1.29, 1.82) is 0 Å². The molecule has 0 bridgehead atoms. The number of ketones is 2. The Hall–Kier alpha value is -2.36. The average molecular weight is 356 g/mol. The Morgan fingerprint density at radius 3 is 2.33 bits per heavy atom. The lowest BCUT2D eigenvalue weighted by Gasteiger charge is -2.33. The molecule has 0 saturated carbocycles. The fourth-order valence-electron chi connectivity index (χ4n) is 3.09. The minimum atomic E-state index is -0.171. The molecule has 1 aliphatic carbocycles. The highest BCUT2D eigenvalue weighted by Crippen LogP contribution is 2.37. The molecule has 0 spiro atoms. The number of hydrogen-bond acceptors (Lipinski definition) is 3. The molecule has 1 aliphatic heterocycles. The number of anilines is 1. The molecule has 5 heteroatoms. The van der Waals surface area contributed by atoms with E-state index < -0.39 is 0 Å². The Bertz CT molecular complexity index is 960. The minimum absolute atomic E-state index is 0.147. The molecule has 3 nitrogen and oxygen atoms in total. The molecule has 2 aliphatic rings. The number of halogens is 2. The van der Waals surface area contributed by atoms with Crippen molar-refractivity contribution >= 4 is 40.5 Å². The summed E-state index contributed by atoms with van der Waals surface area (Å²) in [4.78, 5) is 27.5. The van der Waals surface area contributed by atoms with Crippen molar-refractivity contribution in [1.82, 2.24) is 0 Å². The maximum absolute atomic E-state index is 13.0. The zero-order chi connectivity index (χ0) is 16.8. The monoisotopic (exact) mass is 355 g/mol. The van der Waals surface area contributed by atoms with E-state index in [4.69, 9.17) is 23.2 Å². The zero-order valence-electron chi connectivity index (χ0n) is 12.4. The van der Waals surface area contributed by atoms with E-state index in [-0.39, 0.29) is 11.6 Å². The van der Waals surface area contributed by atoms with Crippen molar-refractivity contribution in [3.05, 3.63) is 87.1 Å². The van der Waals surface area contributed by atoms with Crippen LogP contribution in [0.2, 0.25) is 10.0 Å². The summed E-state index contributed by atoms with van der Waals surface area (Å²) in [5.41, 5.74) is 2.28. The Morgan fingerprint density at radius 1 is 0.917 bits per heavy atom. The van der Waals surface area contributed by atoms with Crippen molar-refractivity contribution in [3.63, 3.8) is 0 Å². The largest absolute Gasteiger partial charge is 0.333 e. The summed E-state index contributed by atoms with van der Waals surface area (Å²) in [5.74, 6) is -0.318. The van der Waals surface area contributed by atoms with E-state index in [1.165, 1.54) is 0 Å². The second-order valence-electron chi connectivity index (χ2n) is 5.57. The van der Waals surface area contributed by atoms with E-state index in [9.17, 15) is 9.59 Å². The summed E-state index contributed by atoms with van der Waals surface area (Å²) in [6.07, 6.45) is 3.56. The summed E-state index contributed by atoms with van der Waals surface area (Å²) in [6.45, 7) is 0.460. The normalized spacial score (nSPS) is 16.3.